The Morgan fingerprint density at radius 2 is 2.35 bits per heavy atom. The highest BCUT2D eigenvalue weighted by atomic mass is 79.9. The number of ether oxygens (including phenoxy) is 1. The summed E-state index contributed by atoms with van der Waals surface area (Å²) in [6.07, 6.45) is 4.83. The van der Waals surface area contributed by atoms with E-state index >= 15 is 0 Å². The zero-order valence-corrected chi connectivity index (χ0v) is 11.2. The van der Waals surface area contributed by atoms with Gasteiger partial charge in [0.05, 0.1) is 12.1 Å². The number of halogens is 1. The van der Waals surface area contributed by atoms with Gasteiger partial charge in [0.25, 0.3) is 5.91 Å². The lowest BCUT2D eigenvalue weighted by Crippen LogP contribution is -2.41. The van der Waals surface area contributed by atoms with Crippen molar-refractivity contribution >= 4 is 21.8 Å². The molecule has 17 heavy (non-hydrogen) atoms. The van der Waals surface area contributed by atoms with Crippen molar-refractivity contribution in [2.45, 2.75) is 31.4 Å². The molecule has 1 heterocycles. The maximum absolute atomic E-state index is 11.9. The number of carbonyl (C=O) groups is 1. The maximum Gasteiger partial charge on any atom is 0.270 e. The summed E-state index contributed by atoms with van der Waals surface area (Å²) in [6.45, 7) is 0. The Morgan fingerprint density at radius 1 is 1.53 bits per heavy atom. The fourth-order valence-corrected chi connectivity index (χ4v) is 2.36. The van der Waals surface area contributed by atoms with E-state index in [1.165, 1.54) is 0 Å². The molecule has 5 heteroatoms. The molecule has 0 aromatic carbocycles. The molecule has 0 saturated heterocycles. The van der Waals surface area contributed by atoms with Gasteiger partial charge in [0.1, 0.15) is 5.69 Å². The van der Waals surface area contributed by atoms with Crippen LogP contribution in [0.3, 0.4) is 0 Å². The SMILES string of the molecule is COC1CCCC1NC(=O)c1ccc(Br)cn1. The molecule has 1 aliphatic carbocycles. The van der Waals surface area contributed by atoms with E-state index in [2.05, 4.69) is 26.2 Å². The molecule has 1 N–H and O–H groups in total. The van der Waals surface area contributed by atoms with Gasteiger partial charge in [-0.25, -0.2) is 4.98 Å². The van der Waals surface area contributed by atoms with Gasteiger partial charge >= 0.3 is 0 Å². The van der Waals surface area contributed by atoms with Gasteiger partial charge in [-0.15, -0.1) is 0 Å². The highest BCUT2D eigenvalue weighted by Gasteiger charge is 2.28. The number of amides is 1. The van der Waals surface area contributed by atoms with Crippen molar-refractivity contribution in [3.8, 4) is 0 Å². The Hall–Kier alpha value is -0.940. The molecule has 1 saturated carbocycles. The van der Waals surface area contributed by atoms with E-state index in [1.54, 1.807) is 19.4 Å². The average molecular weight is 299 g/mol. The van der Waals surface area contributed by atoms with Crippen molar-refractivity contribution in [3.05, 3.63) is 28.5 Å². The van der Waals surface area contributed by atoms with Gasteiger partial charge in [-0.1, -0.05) is 0 Å². The summed E-state index contributed by atoms with van der Waals surface area (Å²) in [7, 11) is 1.69. The quantitative estimate of drug-likeness (QED) is 0.930. The van der Waals surface area contributed by atoms with Crippen molar-refractivity contribution in [1.82, 2.24) is 10.3 Å². The minimum Gasteiger partial charge on any atom is -0.379 e. The minimum absolute atomic E-state index is 0.109. The van der Waals surface area contributed by atoms with Crippen LogP contribution in [0.2, 0.25) is 0 Å². The fourth-order valence-electron chi connectivity index (χ4n) is 2.13. The Kier molecular flexibility index (Phi) is 4.12. The van der Waals surface area contributed by atoms with Crippen LogP contribution in [0.5, 0.6) is 0 Å². The van der Waals surface area contributed by atoms with Crippen LogP contribution in [0.1, 0.15) is 29.8 Å². The van der Waals surface area contributed by atoms with Crippen LogP contribution in [-0.4, -0.2) is 30.1 Å². The first-order valence-electron chi connectivity index (χ1n) is 5.66. The Balaban J connectivity index is 1.99. The van der Waals surface area contributed by atoms with Gasteiger partial charge in [0.2, 0.25) is 0 Å². The second kappa shape index (κ2) is 5.60. The molecule has 2 unspecified atom stereocenters. The van der Waals surface area contributed by atoms with Crippen LogP contribution < -0.4 is 5.32 Å². The number of hydrogen-bond acceptors (Lipinski definition) is 3. The normalized spacial score (nSPS) is 23.6. The first-order valence-corrected chi connectivity index (χ1v) is 6.45. The largest absolute Gasteiger partial charge is 0.379 e. The number of hydrogen-bond donors (Lipinski definition) is 1. The topological polar surface area (TPSA) is 51.2 Å². The third-order valence-corrected chi connectivity index (χ3v) is 3.50. The molecule has 2 rings (SSSR count). The molecule has 0 aliphatic heterocycles. The minimum atomic E-state index is -0.133. The van der Waals surface area contributed by atoms with E-state index in [9.17, 15) is 4.79 Å². The summed E-state index contributed by atoms with van der Waals surface area (Å²) in [5, 5.41) is 2.97. The van der Waals surface area contributed by atoms with E-state index in [1.807, 2.05) is 6.07 Å². The van der Waals surface area contributed by atoms with Crippen LogP contribution in [-0.2, 0) is 4.74 Å². The van der Waals surface area contributed by atoms with E-state index in [0.717, 1.165) is 23.7 Å². The predicted molar refractivity (Wildman–Crippen MR) is 67.8 cm³/mol. The van der Waals surface area contributed by atoms with Crippen LogP contribution in [0, 0.1) is 0 Å². The Bertz CT molecular complexity index is 394. The van der Waals surface area contributed by atoms with Crippen molar-refractivity contribution in [2.75, 3.05) is 7.11 Å². The molecule has 0 spiro atoms. The molecule has 0 radical (unpaired) electrons. The molecule has 1 amide bonds. The molecule has 0 bridgehead atoms. The van der Waals surface area contributed by atoms with Crippen molar-refractivity contribution < 1.29 is 9.53 Å². The number of rotatable bonds is 3. The van der Waals surface area contributed by atoms with Crippen molar-refractivity contribution in [1.29, 1.82) is 0 Å². The zero-order chi connectivity index (χ0) is 12.3. The number of pyridine rings is 1. The summed E-state index contributed by atoms with van der Waals surface area (Å²) in [6, 6.07) is 3.62. The number of methoxy groups -OCH3 is 1. The zero-order valence-electron chi connectivity index (χ0n) is 9.65. The first-order chi connectivity index (χ1) is 8.20. The number of aromatic nitrogens is 1. The third kappa shape index (κ3) is 3.04. The van der Waals surface area contributed by atoms with Gasteiger partial charge in [-0.3, -0.25) is 4.79 Å². The third-order valence-electron chi connectivity index (χ3n) is 3.03. The smallest absolute Gasteiger partial charge is 0.270 e. The molecule has 1 fully saturated rings. The van der Waals surface area contributed by atoms with E-state index in [4.69, 9.17) is 4.74 Å². The number of carbonyl (C=O) groups excluding carboxylic acids is 1. The number of nitrogens with one attached hydrogen (secondary N) is 1. The summed E-state index contributed by atoms with van der Waals surface area (Å²) in [4.78, 5) is 16.0. The van der Waals surface area contributed by atoms with Crippen LogP contribution in [0.15, 0.2) is 22.8 Å². The molecular formula is C12H15BrN2O2. The predicted octanol–water partition coefficient (Wildman–Crippen LogP) is 2.14. The molecule has 1 aromatic heterocycles. The standard InChI is InChI=1S/C12H15BrN2O2/c1-17-11-4-2-3-9(11)15-12(16)10-6-5-8(13)7-14-10/h5-7,9,11H,2-4H2,1H3,(H,15,16). The van der Waals surface area contributed by atoms with Crippen LogP contribution in [0.25, 0.3) is 0 Å². The highest BCUT2D eigenvalue weighted by molar-refractivity contribution is 9.10. The second-order valence-electron chi connectivity index (χ2n) is 4.15. The highest BCUT2D eigenvalue weighted by Crippen LogP contribution is 2.21. The molecule has 4 nitrogen and oxygen atoms in total. The molecule has 1 aromatic rings. The average Bonchev–Trinajstić information content (AvgIpc) is 2.77. The van der Waals surface area contributed by atoms with Gasteiger partial charge in [0, 0.05) is 17.8 Å². The fraction of sp³-hybridized carbons (Fsp3) is 0.500. The van der Waals surface area contributed by atoms with E-state index in [-0.39, 0.29) is 18.1 Å². The monoisotopic (exact) mass is 298 g/mol. The lowest BCUT2D eigenvalue weighted by atomic mass is 10.2. The summed E-state index contributed by atoms with van der Waals surface area (Å²) < 4.78 is 6.20. The second-order valence-corrected chi connectivity index (χ2v) is 5.06. The van der Waals surface area contributed by atoms with Gasteiger partial charge in [0.15, 0.2) is 0 Å². The summed E-state index contributed by atoms with van der Waals surface area (Å²) >= 11 is 3.29. The van der Waals surface area contributed by atoms with E-state index in [0.29, 0.717) is 5.69 Å². The van der Waals surface area contributed by atoms with Gasteiger partial charge in [-0.05, 0) is 47.3 Å². The number of nitrogens with zero attached hydrogens (tertiary/aromatic N) is 1. The van der Waals surface area contributed by atoms with E-state index < -0.39 is 0 Å². The van der Waals surface area contributed by atoms with Crippen LogP contribution >= 0.6 is 15.9 Å². The van der Waals surface area contributed by atoms with Gasteiger partial charge in [-0.2, -0.15) is 0 Å². The Morgan fingerprint density at radius 3 is 3.00 bits per heavy atom. The Labute approximate surface area is 109 Å². The van der Waals surface area contributed by atoms with Crippen LogP contribution in [0.4, 0.5) is 0 Å². The maximum atomic E-state index is 11.9. The van der Waals surface area contributed by atoms with Crippen molar-refractivity contribution in [2.24, 2.45) is 0 Å². The molecule has 92 valence electrons. The summed E-state index contributed by atoms with van der Waals surface area (Å²) in [5.41, 5.74) is 0.440. The lowest BCUT2D eigenvalue weighted by molar-refractivity contribution is 0.0719. The lowest BCUT2D eigenvalue weighted by Gasteiger charge is -2.19. The van der Waals surface area contributed by atoms with Gasteiger partial charge < -0.3 is 10.1 Å². The molecular weight excluding hydrogens is 284 g/mol. The first kappa shape index (κ1) is 12.5. The summed E-state index contributed by atoms with van der Waals surface area (Å²) in [5.74, 6) is -0.133. The van der Waals surface area contributed by atoms with Crippen molar-refractivity contribution in [3.63, 3.8) is 0 Å². The molecule has 2 atom stereocenters. The molecule has 1 aliphatic rings.